The van der Waals surface area contributed by atoms with Crippen molar-refractivity contribution in [3.05, 3.63) is 23.8 Å². The number of fused-ring (bicyclic) bond motifs is 1. The Morgan fingerprint density at radius 1 is 1.47 bits per heavy atom. The molecular weight excluding hydrogens is 198 g/mol. The topological polar surface area (TPSA) is 67.8 Å². The van der Waals surface area contributed by atoms with E-state index in [1.54, 1.807) is 25.2 Å². The minimum Gasteiger partial charge on any atom is -0.480 e. The van der Waals surface area contributed by atoms with E-state index in [4.69, 9.17) is 14.6 Å². The number of carboxylic acid groups (broad SMARTS) is 1. The highest BCUT2D eigenvalue weighted by Gasteiger charge is 2.21. The zero-order valence-corrected chi connectivity index (χ0v) is 8.19. The van der Waals surface area contributed by atoms with Gasteiger partial charge in [0.1, 0.15) is 6.04 Å². The molecule has 1 aromatic rings. The van der Waals surface area contributed by atoms with Crippen LogP contribution >= 0.6 is 0 Å². The number of benzene rings is 1. The van der Waals surface area contributed by atoms with E-state index in [1.807, 2.05) is 0 Å². The monoisotopic (exact) mass is 209 g/mol. The van der Waals surface area contributed by atoms with Crippen molar-refractivity contribution in [2.75, 3.05) is 13.8 Å². The molecule has 1 atom stereocenters. The summed E-state index contributed by atoms with van der Waals surface area (Å²) in [4.78, 5) is 10.9. The molecule has 0 spiro atoms. The molecule has 0 saturated heterocycles. The van der Waals surface area contributed by atoms with Gasteiger partial charge in [-0.2, -0.15) is 0 Å². The van der Waals surface area contributed by atoms with Crippen molar-refractivity contribution in [3.63, 3.8) is 0 Å². The molecule has 0 radical (unpaired) electrons. The Bertz CT molecular complexity index is 391. The van der Waals surface area contributed by atoms with Gasteiger partial charge in [0.2, 0.25) is 6.79 Å². The van der Waals surface area contributed by atoms with Crippen LogP contribution in [0.3, 0.4) is 0 Å². The molecule has 0 saturated carbocycles. The number of likely N-dealkylation sites (N-methyl/N-ethyl adjacent to an activating group) is 1. The molecule has 5 heteroatoms. The standard InChI is InChI=1S/C10H11NO4/c1-11-9(10(12)13)6-2-3-7-8(4-6)15-5-14-7/h2-4,9,11H,5H2,1H3,(H,12,13). The molecule has 5 nitrogen and oxygen atoms in total. The summed E-state index contributed by atoms with van der Waals surface area (Å²) in [5.74, 6) is 0.323. The lowest BCUT2D eigenvalue weighted by molar-refractivity contribution is -0.139. The smallest absolute Gasteiger partial charge is 0.325 e. The van der Waals surface area contributed by atoms with Crippen LogP contribution in [0.1, 0.15) is 11.6 Å². The molecule has 0 bridgehead atoms. The summed E-state index contributed by atoms with van der Waals surface area (Å²) in [5, 5.41) is 11.7. The third-order valence-corrected chi connectivity index (χ3v) is 2.27. The van der Waals surface area contributed by atoms with Crippen LogP contribution in [-0.4, -0.2) is 24.9 Å². The van der Waals surface area contributed by atoms with E-state index in [9.17, 15) is 4.79 Å². The molecule has 0 aromatic heterocycles. The summed E-state index contributed by atoms with van der Waals surface area (Å²) in [6, 6.07) is 4.38. The fourth-order valence-corrected chi connectivity index (χ4v) is 1.53. The van der Waals surface area contributed by atoms with Gasteiger partial charge in [-0.25, -0.2) is 0 Å². The van der Waals surface area contributed by atoms with Crippen LogP contribution in [0.4, 0.5) is 0 Å². The van der Waals surface area contributed by atoms with E-state index < -0.39 is 12.0 Å². The molecule has 0 fully saturated rings. The Kier molecular flexibility index (Phi) is 2.47. The van der Waals surface area contributed by atoms with Gasteiger partial charge in [0.15, 0.2) is 11.5 Å². The van der Waals surface area contributed by atoms with Crippen molar-refractivity contribution >= 4 is 5.97 Å². The number of carboxylic acids is 1. The Morgan fingerprint density at radius 2 is 2.20 bits per heavy atom. The van der Waals surface area contributed by atoms with Crippen molar-refractivity contribution in [1.29, 1.82) is 0 Å². The Morgan fingerprint density at radius 3 is 2.87 bits per heavy atom. The Balaban J connectivity index is 2.32. The minimum absolute atomic E-state index is 0.191. The van der Waals surface area contributed by atoms with Crippen LogP contribution < -0.4 is 14.8 Å². The number of ether oxygens (including phenoxy) is 2. The maximum absolute atomic E-state index is 10.9. The van der Waals surface area contributed by atoms with E-state index in [-0.39, 0.29) is 6.79 Å². The van der Waals surface area contributed by atoms with Gasteiger partial charge in [0.05, 0.1) is 0 Å². The average Bonchev–Trinajstić information content (AvgIpc) is 2.65. The SMILES string of the molecule is CNC(C(=O)O)c1ccc2c(c1)OCO2. The van der Waals surface area contributed by atoms with Gasteiger partial charge in [-0.3, -0.25) is 4.79 Å². The fraction of sp³-hybridized carbons (Fsp3) is 0.300. The highest BCUT2D eigenvalue weighted by molar-refractivity contribution is 5.76. The zero-order valence-electron chi connectivity index (χ0n) is 8.19. The molecule has 1 aliphatic rings. The number of rotatable bonds is 3. The number of carbonyl (C=O) groups is 1. The summed E-state index contributed by atoms with van der Waals surface area (Å²) in [7, 11) is 1.60. The van der Waals surface area contributed by atoms with Gasteiger partial charge in [0.25, 0.3) is 0 Å². The third kappa shape index (κ3) is 1.73. The molecule has 0 amide bonds. The maximum atomic E-state index is 10.9. The van der Waals surface area contributed by atoms with E-state index in [0.717, 1.165) is 0 Å². The second-order valence-electron chi connectivity index (χ2n) is 3.17. The summed E-state index contributed by atoms with van der Waals surface area (Å²) >= 11 is 0. The zero-order chi connectivity index (χ0) is 10.8. The van der Waals surface area contributed by atoms with E-state index in [2.05, 4.69) is 5.32 Å². The van der Waals surface area contributed by atoms with Crippen LogP contribution in [0.2, 0.25) is 0 Å². The van der Waals surface area contributed by atoms with Gasteiger partial charge >= 0.3 is 5.97 Å². The van der Waals surface area contributed by atoms with Crippen LogP contribution in [-0.2, 0) is 4.79 Å². The molecule has 1 heterocycles. The van der Waals surface area contributed by atoms with Crippen LogP contribution in [0.25, 0.3) is 0 Å². The van der Waals surface area contributed by atoms with Crippen molar-refractivity contribution in [2.24, 2.45) is 0 Å². The number of hydrogen-bond donors (Lipinski definition) is 2. The lowest BCUT2D eigenvalue weighted by Gasteiger charge is -2.11. The molecule has 1 aliphatic heterocycles. The van der Waals surface area contributed by atoms with Gasteiger partial charge in [-0.05, 0) is 24.7 Å². The first-order chi connectivity index (χ1) is 7.22. The Hall–Kier alpha value is -1.75. The van der Waals surface area contributed by atoms with Crippen molar-refractivity contribution in [3.8, 4) is 11.5 Å². The van der Waals surface area contributed by atoms with Gasteiger partial charge in [-0.15, -0.1) is 0 Å². The lowest BCUT2D eigenvalue weighted by Crippen LogP contribution is -2.24. The molecule has 0 aliphatic carbocycles. The second kappa shape index (κ2) is 3.78. The highest BCUT2D eigenvalue weighted by atomic mass is 16.7. The van der Waals surface area contributed by atoms with E-state index in [1.165, 1.54) is 0 Å². The molecule has 1 aromatic carbocycles. The van der Waals surface area contributed by atoms with Crippen molar-refractivity contribution < 1.29 is 19.4 Å². The molecule has 15 heavy (non-hydrogen) atoms. The number of aliphatic carboxylic acids is 1. The van der Waals surface area contributed by atoms with Crippen molar-refractivity contribution in [2.45, 2.75) is 6.04 Å². The number of nitrogens with one attached hydrogen (secondary N) is 1. The predicted molar refractivity (Wildman–Crippen MR) is 52.0 cm³/mol. The first kappa shape index (κ1) is 9.79. The quantitative estimate of drug-likeness (QED) is 0.769. The third-order valence-electron chi connectivity index (χ3n) is 2.27. The van der Waals surface area contributed by atoms with Gasteiger partial charge in [0, 0.05) is 0 Å². The molecule has 1 unspecified atom stereocenters. The van der Waals surface area contributed by atoms with E-state index in [0.29, 0.717) is 17.1 Å². The molecular formula is C10H11NO4. The van der Waals surface area contributed by atoms with Gasteiger partial charge < -0.3 is 19.9 Å². The number of hydrogen-bond acceptors (Lipinski definition) is 4. The Labute approximate surface area is 86.6 Å². The first-order valence-corrected chi connectivity index (χ1v) is 4.52. The lowest BCUT2D eigenvalue weighted by atomic mass is 10.1. The largest absolute Gasteiger partial charge is 0.480 e. The van der Waals surface area contributed by atoms with Crippen LogP contribution in [0, 0.1) is 0 Å². The van der Waals surface area contributed by atoms with Crippen LogP contribution in [0.15, 0.2) is 18.2 Å². The fourth-order valence-electron chi connectivity index (χ4n) is 1.53. The summed E-state index contributed by atoms with van der Waals surface area (Å²) in [6.07, 6.45) is 0. The van der Waals surface area contributed by atoms with Crippen LogP contribution in [0.5, 0.6) is 11.5 Å². The predicted octanol–water partition coefficient (Wildman–Crippen LogP) is 0.760. The first-order valence-electron chi connectivity index (χ1n) is 4.52. The summed E-state index contributed by atoms with van der Waals surface area (Å²) in [6.45, 7) is 0.191. The normalized spacial score (nSPS) is 15.0. The second-order valence-corrected chi connectivity index (χ2v) is 3.17. The van der Waals surface area contributed by atoms with Crippen molar-refractivity contribution in [1.82, 2.24) is 5.32 Å². The van der Waals surface area contributed by atoms with E-state index >= 15 is 0 Å². The van der Waals surface area contributed by atoms with Gasteiger partial charge in [-0.1, -0.05) is 6.07 Å². The maximum Gasteiger partial charge on any atom is 0.325 e. The molecule has 2 N–H and O–H groups in total. The summed E-state index contributed by atoms with van der Waals surface area (Å²) < 4.78 is 10.3. The highest BCUT2D eigenvalue weighted by Crippen LogP contribution is 2.34. The average molecular weight is 209 g/mol. The summed E-state index contributed by atoms with van der Waals surface area (Å²) in [5.41, 5.74) is 0.647. The minimum atomic E-state index is -0.920. The molecule has 80 valence electrons. The molecule has 2 rings (SSSR count).